The van der Waals surface area contributed by atoms with Crippen LogP contribution in [0.2, 0.25) is 0 Å². The Bertz CT molecular complexity index is 305. The molecule has 0 spiro atoms. The number of hydrogen-bond donors (Lipinski definition) is 1. The van der Waals surface area contributed by atoms with Crippen molar-refractivity contribution in [3.8, 4) is 11.8 Å². The van der Waals surface area contributed by atoms with Crippen molar-refractivity contribution < 1.29 is 4.74 Å². The fourth-order valence-corrected chi connectivity index (χ4v) is 1.44. The van der Waals surface area contributed by atoms with Gasteiger partial charge in [0.2, 0.25) is 0 Å². The molecule has 0 aromatic heterocycles. The van der Waals surface area contributed by atoms with E-state index < -0.39 is 0 Å². The molecule has 1 aromatic carbocycles. The van der Waals surface area contributed by atoms with Crippen LogP contribution in [0.3, 0.4) is 0 Å². The van der Waals surface area contributed by atoms with Crippen LogP contribution in [0.25, 0.3) is 0 Å². The molecule has 0 fully saturated rings. The van der Waals surface area contributed by atoms with Crippen LogP contribution in [0.5, 0.6) is 5.75 Å². The molecule has 0 radical (unpaired) electrons. The molecule has 0 aliphatic heterocycles. The van der Waals surface area contributed by atoms with Crippen LogP contribution in [0.15, 0.2) is 29.2 Å². The minimum atomic E-state index is 0.424. The normalized spacial score (nSPS) is 9.43. The van der Waals surface area contributed by atoms with Gasteiger partial charge in [-0.25, -0.2) is 0 Å². The van der Waals surface area contributed by atoms with Crippen LogP contribution >= 0.6 is 11.9 Å². The average molecular weight is 208 g/mol. The van der Waals surface area contributed by atoms with Gasteiger partial charge in [-0.2, -0.15) is 5.26 Å². The number of nitrogens with one attached hydrogen (secondary N) is 1. The molecule has 14 heavy (non-hydrogen) atoms. The van der Waals surface area contributed by atoms with Crippen LogP contribution in [0, 0.1) is 11.3 Å². The van der Waals surface area contributed by atoms with Gasteiger partial charge in [-0.15, -0.1) is 0 Å². The van der Waals surface area contributed by atoms with Gasteiger partial charge in [-0.05, 0) is 43.3 Å². The maximum atomic E-state index is 8.32. The number of nitriles is 1. The first-order chi connectivity index (χ1) is 6.86. The maximum absolute atomic E-state index is 8.32. The summed E-state index contributed by atoms with van der Waals surface area (Å²) in [6.07, 6.45) is 0.424. The smallest absolute Gasteiger partial charge is 0.119 e. The number of nitrogens with zero attached hydrogens (tertiary/aromatic N) is 1. The monoisotopic (exact) mass is 208 g/mol. The van der Waals surface area contributed by atoms with Crippen molar-refractivity contribution in [3.63, 3.8) is 0 Å². The van der Waals surface area contributed by atoms with Gasteiger partial charge in [0.15, 0.2) is 0 Å². The third kappa shape index (κ3) is 3.69. The van der Waals surface area contributed by atoms with Gasteiger partial charge in [0.1, 0.15) is 12.4 Å². The molecule has 0 saturated heterocycles. The topological polar surface area (TPSA) is 45.0 Å². The second-order valence-corrected chi connectivity index (χ2v) is 3.62. The number of hydrogen-bond acceptors (Lipinski definition) is 4. The highest BCUT2D eigenvalue weighted by Gasteiger charge is 1.94. The molecule has 0 aliphatic carbocycles. The van der Waals surface area contributed by atoms with Gasteiger partial charge in [-0.3, -0.25) is 4.72 Å². The van der Waals surface area contributed by atoms with Crippen molar-refractivity contribution in [2.75, 3.05) is 13.7 Å². The molecule has 0 heterocycles. The Morgan fingerprint density at radius 3 is 2.71 bits per heavy atom. The molecular weight excluding hydrogens is 196 g/mol. The van der Waals surface area contributed by atoms with E-state index in [0.717, 1.165) is 10.6 Å². The molecule has 0 unspecified atom stereocenters. The van der Waals surface area contributed by atoms with Crippen molar-refractivity contribution in [2.24, 2.45) is 0 Å². The van der Waals surface area contributed by atoms with E-state index in [4.69, 9.17) is 10.00 Å². The number of benzene rings is 1. The lowest BCUT2D eigenvalue weighted by Crippen LogP contribution is -1.95. The van der Waals surface area contributed by atoms with E-state index in [1.54, 1.807) is 11.9 Å². The SMILES string of the molecule is CNSc1ccc(OCCC#N)cc1. The highest BCUT2D eigenvalue weighted by molar-refractivity contribution is 7.97. The van der Waals surface area contributed by atoms with Crippen molar-refractivity contribution >= 4 is 11.9 Å². The van der Waals surface area contributed by atoms with Crippen LogP contribution in [-0.4, -0.2) is 13.7 Å². The van der Waals surface area contributed by atoms with E-state index in [0.29, 0.717) is 13.0 Å². The lowest BCUT2D eigenvalue weighted by molar-refractivity contribution is 0.326. The molecule has 0 aliphatic rings. The summed E-state index contributed by atoms with van der Waals surface area (Å²) in [6, 6.07) is 9.78. The maximum Gasteiger partial charge on any atom is 0.119 e. The van der Waals surface area contributed by atoms with Gasteiger partial charge in [-0.1, -0.05) is 0 Å². The first-order valence-corrected chi connectivity index (χ1v) is 5.12. The largest absolute Gasteiger partial charge is 0.493 e. The van der Waals surface area contributed by atoms with E-state index in [1.165, 1.54) is 0 Å². The summed E-state index contributed by atoms with van der Waals surface area (Å²) in [4.78, 5) is 1.14. The minimum absolute atomic E-state index is 0.424. The Morgan fingerprint density at radius 2 is 2.14 bits per heavy atom. The van der Waals surface area contributed by atoms with E-state index in [1.807, 2.05) is 37.4 Å². The predicted octanol–water partition coefficient (Wildman–Crippen LogP) is 2.21. The molecule has 1 N–H and O–H groups in total. The summed E-state index contributed by atoms with van der Waals surface area (Å²) in [5, 5.41) is 8.32. The Morgan fingerprint density at radius 1 is 1.43 bits per heavy atom. The molecule has 74 valence electrons. The van der Waals surface area contributed by atoms with Crippen molar-refractivity contribution in [3.05, 3.63) is 24.3 Å². The third-order valence-corrected chi connectivity index (χ3v) is 2.24. The quantitative estimate of drug-likeness (QED) is 0.595. The predicted molar refractivity (Wildman–Crippen MR) is 57.1 cm³/mol. The van der Waals surface area contributed by atoms with Gasteiger partial charge >= 0.3 is 0 Å². The lowest BCUT2D eigenvalue weighted by Gasteiger charge is -2.04. The van der Waals surface area contributed by atoms with E-state index in [9.17, 15) is 0 Å². The molecule has 1 aromatic rings. The zero-order chi connectivity index (χ0) is 10.2. The first-order valence-electron chi connectivity index (χ1n) is 4.30. The molecule has 4 heteroatoms. The van der Waals surface area contributed by atoms with Crippen LogP contribution in [0.1, 0.15) is 6.42 Å². The summed E-state index contributed by atoms with van der Waals surface area (Å²) in [7, 11) is 1.88. The Balaban J connectivity index is 2.43. The fraction of sp³-hybridized carbons (Fsp3) is 0.300. The van der Waals surface area contributed by atoms with Crippen molar-refractivity contribution in [2.45, 2.75) is 11.3 Å². The number of ether oxygens (including phenoxy) is 1. The molecule has 1 rings (SSSR count). The Labute approximate surface area is 88.2 Å². The van der Waals surface area contributed by atoms with Gasteiger partial charge in [0.05, 0.1) is 12.5 Å². The van der Waals surface area contributed by atoms with Crippen LogP contribution in [0.4, 0.5) is 0 Å². The molecule has 0 saturated carbocycles. The van der Waals surface area contributed by atoms with Crippen molar-refractivity contribution in [1.29, 1.82) is 5.26 Å². The van der Waals surface area contributed by atoms with Crippen molar-refractivity contribution in [1.82, 2.24) is 4.72 Å². The zero-order valence-electron chi connectivity index (χ0n) is 7.99. The molecule has 3 nitrogen and oxygen atoms in total. The molecule has 0 atom stereocenters. The Kier molecular flexibility index (Phi) is 4.90. The summed E-state index contributed by atoms with van der Waals surface area (Å²) < 4.78 is 8.32. The average Bonchev–Trinajstić information content (AvgIpc) is 2.21. The van der Waals surface area contributed by atoms with E-state index >= 15 is 0 Å². The second kappa shape index (κ2) is 6.30. The fourth-order valence-electron chi connectivity index (χ4n) is 0.936. The second-order valence-electron chi connectivity index (χ2n) is 2.53. The summed E-state index contributed by atoms with van der Waals surface area (Å²) in [5.41, 5.74) is 0. The third-order valence-electron chi connectivity index (χ3n) is 1.53. The van der Waals surface area contributed by atoms with Crippen LogP contribution < -0.4 is 9.46 Å². The molecule has 0 amide bonds. The zero-order valence-corrected chi connectivity index (χ0v) is 8.80. The van der Waals surface area contributed by atoms with Gasteiger partial charge in [0.25, 0.3) is 0 Å². The van der Waals surface area contributed by atoms with Gasteiger partial charge < -0.3 is 4.74 Å². The number of rotatable bonds is 5. The molecule has 0 bridgehead atoms. The molecular formula is C10H12N2OS. The first kappa shape index (κ1) is 10.9. The highest BCUT2D eigenvalue weighted by atomic mass is 32.2. The standard InChI is InChI=1S/C10H12N2OS/c1-12-14-10-5-3-9(4-6-10)13-8-2-7-11/h3-6,12H,2,8H2,1H3. The minimum Gasteiger partial charge on any atom is -0.493 e. The van der Waals surface area contributed by atoms with E-state index in [-0.39, 0.29) is 0 Å². The summed E-state index contributed by atoms with van der Waals surface area (Å²) in [6.45, 7) is 0.453. The Hall–Kier alpha value is -1.18. The lowest BCUT2D eigenvalue weighted by atomic mass is 10.3. The van der Waals surface area contributed by atoms with Crippen LogP contribution in [-0.2, 0) is 0 Å². The highest BCUT2D eigenvalue weighted by Crippen LogP contribution is 2.18. The summed E-state index contributed by atoms with van der Waals surface area (Å²) >= 11 is 1.55. The van der Waals surface area contributed by atoms with E-state index in [2.05, 4.69) is 4.72 Å². The van der Waals surface area contributed by atoms with Gasteiger partial charge in [0, 0.05) is 4.90 Å². The summed E-state index contributed by atoms with van der Waals surface area (Å²) in [5.74, 6) is 0.806.